The van der Waals surface area contributed by atoms with Gasteiger partial charge in [0.2, 0.25) is 0 Å². The summed E-state index contributed by atoms with van der Waals surface area (Å²) >= 11 is 6.14. The van der Waals surface area contributed by atoms with Crippen LogP contribution >= 0.6 is 11.6 Å². The van der Waals surface area contributed by atoms with Crippen molar-refractivity contribution in [2.24, 2.45) is 5.73 Å². The van der Waals surface area contributed by atoms with Crippen molar-refractivity contribution in [1.29, 1.82) is 0 Å². The Morgan fingerprint density at radius 2 is 2.20 bits per heavy atom. The second-order valence-electron chi connectivity index (χ2n) is 4.74. The molecule has 0 aliphatic rings. The summed E-state index contributed by atoms with van der Waals surface area (Å²) in [6.07, 6.45) is -0.848. The van der Waals surface area contributed by atoms with Crippen molar-refractivity contribution < 1.29 is 10.2 Å². The summed E-state index contributed by atoms with van der Waals surface area (Å²) in [7, 11) is 0. The number of aliphatic hydroxyl groups excluding tert-OH is 2. The lowest BCUT2D eigenvalue weighted by Gasteiger charge is -2.16. The van der Waals surface area contributed by atoms with Crippen LogP contribution in [0.1, 0.15) is 18.5 Å². The molecule has 0 aliphatic carbocycles. The van der Waals surface area contributed by atoms with Gasteiger partial charge in [0.25, 0.3) is 0 Å². The van der Waals surface area contributed by atoms with Gasteiger partial charge >= 0.3 is 0 Å². The first-order valence-corrected chi connectivity index (χ1v) is 6.78. The average molecular weight is 296 g/mol. The molecule has 1 aromatic carbocycles. The van der Waals surface area contributed by atoms with Crippen molar-refractivity contribution in [3.05, 3.63) is 34.9 Å². The standard InChI is InChI=1S/C14H18ClN3O2/c1-8(16)11-5-9-3-2-4-12(15)13(9)18-14(11)17-6-10(20)7-19/h2-5,8,10,19-20H,6-7,16H2,1H3,(H,17,18)/t8-,10+/m0/s1. The Kier molecular flexibility index (Phi) is 4.77. The summed E-state index contributed by atoms with van der Waals surface area (Å²) in [6.45, 7) is 1.75. The van der Waals surface area contributed by atoms with E-state index in [4.69, 9.17) is 22.4 Å². The molecule has 2 atom stereocenters. The molecule has 20 heavy (non-hydrogen) atoms. The lowest BCUT2D eigenvalue weighted by molar-refractivity contribution is 0.105. The molecule has 1 heterocycles. The normalized spacial score (nSPS) is 14.2. The van der Waals surface area contributed by atoms with E-state index in [0.717, 1.165) is 10.9 Å². The number of fused-ring (bicyclic) bond motifs is 1. The van der Waals surface area contributed by atoms with E-state index in [0.29, 0.717) is 16.4 Å². The van der Waals surface area contributed by atoms with E-state index in [1.165, 1.54) is 0 Å². The smallest absolute Gasteiger partial charge is 0.131 e. The summed E-state index contributed by atoms with van der Waals surface area (Å²) in [4.78, 5) is 4.49. The molecule has 0 bridgehead atoms. The SMILES string of the molecule is C[C@H](N)c1cc2cccc(Cl)c2nc1NC[C@@H](O)CO. The molecule has 1 aromatic heterocycles. The zero-order valence-electron chi connectivity index (χ0n) is 11.2. The van der Waals surface area contributed by atoms with Crippen molar-refractivity contribution in [1.82, 2.24) is 4.98 Å². The highest BCUT2D eigenvalue weighted by atomic mass is 35.5. The van der Waals surface area contributed by atoms with Gasteiger partial charge in [0.05, 0.1) is 23.3 Å². The molecule has 0 saturated heterocycles. The first-order valence-electron chi connectivity index (χ1n) is 6.40. The third-order valence-corrected chi connectivity index (χ3v) is 3.34. The van der Waals surface area contributed by atoms with E-state index >= 15 is 0 Å². The molecule has 0 unspecified atom stereocenters. The molecule has 0 fully saturated rings. The molecule has 0 spiro atoms. The number of aliphatic hydroxyl groups is 2. The quantitative estimate of drug-likeness (QED) is 0.673. The van der Waals surface area contributed by atoms with Gasteiger partial charge in [0.1, 0.15) is 5.82 Å². The van der Waals surface area contributed by atoms with E-state index < -0.39 is 6.10 Å². The van der Waals surface area contributed by atoms with Gasteiger partial charge in [-0.05, 0) is 19.1 Å². The molecule has 2 rings (SSSR count). The Morgan fingerprint density at radius 3 is 2.85 bits per heavy atom. The highest BCUT2D eigenvalue weighted by molar-refractivity contribution is 6.35. The predicted octanol–water partition coefficient (Wildman–Crippen LogP) is 1.67. The first kappa shape index (κ1) is 15.0. The van der Waals surface area contributed by atoms with Crippen LogP contribution in [0.2, 0.25) is 5.02 Å². The second kappa shape index (κ2) is 6.37. The number of aromatic nitrogens is 1. The highest BCUT2D eigenvalue weighted by Crippen LogP contribution is 2.28. The molecule has 5 N–H and O–H groups in total. The van der Waals surface area contributed by atoms with Crippen LogP contribution in [-0.2, 0) is 0 Å². The molecule has 0 aliphatic heterocycles. The third-order valence-electron chi connectivity index (χ3n) is 3.03. The van der Waals surface area contributed by atoms with Crippen LogP contribution in [0.5, 0.6) is 0 Å². The number of nitrogens with two attached hydrogens (primary N) is 1. The molecule has 108 valence electrons. The summed E-state index contributed by atoms with van der Waals surface area (Å²) in [6, 6.07) is 7.29. The minimum absolute atomic E-state index is 0.194. The molecule has 6 heteroatoms. The second-order valence-corrected chi connectivity index (χ2v) is 5.15. The van der Waals surface area contributed by atoms with Gasteiger partial charge in [-0.2, -0.15) is 0 Å². The van der Waals surface area contributed by atoms with Crippen LogP contribution in [0.25, 0.3) is 10.9 Å². The van der Waals surface area contributed by atoms with Gasteiger partial charge in [-0.1, -0.05) is 23.7 Å². The van der Waals surface area contributed by atoms with Crippen LogP contribution in [0.4, 0.5) is 5.82 Å². The maximum atomic E-state index is 9.42. The third kappa shape index (κ3) is 3.19. The number of nitrogens with zero attached hydrogens (tertiary/aromatic N) is 1. The number of halogens is 1. The summed E-state index contributed by atoms with van der Waals surface area (Å²) < 4.78 is 0. The Balaban J connectivity index is 2.44. The van der Waals surface area contributed by atoms with Gasteiger partial charge in [0, 0.05) is 23.5 Å². The zero-order chi connectivity index (χ0) is 14.7. The van der Waals surface area contributed by atoms with E-state index in [-0.39, 0.29) is 19.2 Å². The Morgan fingerprint density at radius 1 is 1.45 bits per heavy atom. The number of hydrogen-bond acceptors (Lipinski definition) is 5. The van der Waals surface area contributed by atoms with E-state index in [2.05, 4.69) is 10.3 Å². The minimum atomic E-state index is -0.848. The molecular formula is C14H18ClN3O2. The molecule has 0 radical (unpaired) electrons. The maximum Gasteiger partial charge on any atom is 0.131 e. The number of rotatable bonds is 5. The van der Waals surface area contributed by atoms with Gasteiger partial charge in [-0.25, -0.2) is 4.98 Å². The van der Waals surface area contributed by atoms with Crippen molar-refractivity contribution in [3.63, 3.8) is 0 Å². The van der Waals surface area contributed by atoms with Crippen molar-refractivity contribution in [3.8, 4) is 0 Å². The Hall–Kier alpha value is -1.40. The Labute approximate surface area is 122 Å². The van der Waals surface area contributed by atoms with E-state index in [9.17, 15) is 5.11 Å². The fourth-order valence-corrected chi connectivity index (χ4v) is 2.17. The van der Waals surface area contributed by atoms with Gasteiger partial charge in [0.15, 0.2) is 0 Å². The lowest BCUT2D eigenvalue weighted by Crippen LogP contribution is -2.24. The summed E-state index contributed by atoms with van der Waals surface area (Å²) in [5, 5.41) is 22.7. The van der Waals surface area contributed by atoms with Crippen LogP contribution in [0.15, 0.2) is 24.3 Å². The van der Waals surface area contributed by atoms with Crippen molar-refractivity contribution in [2.75, 3.05) is 18.5 Å². The van der Waals surface area contributed by atoms with Crippen LogP contribution in [-0.4, -0.2) is 34.5 Å². The number of para-hydroxylation sites is 1. The number of anilines is 1. The molecule has 2 aromatic rings. The number of hydrogen-bond donors (Lipinski definition) is 4. The van der Waals surface area contributed by atoms with Crippen LogP contribution in [0, 0.1) is 0 Å². The highest BCUT2D eigenvalue weighted by Gasteiger charge is 2.13. The largest absolute Gasteiger partial charge is 0.394 e. The Bertz CT molecular complexity index is 604. The molecule has 0 amide bonds. The maximum absolute atomic E-state index is 9.42. The fourth-order valence-electron chi connectivity index (χ4n) is 1.95. The summed E-state index contributed by atoms with van der Waals surface area (Å²) in [5.74, 6) is 0.577. The molecule has 0 saturated carbocycles. The van der Waals surface area contributed by atoms with Crippen LogP contribution in [0.3, 0.4) is 0 Å². The van der Waals surface area contributed by atoms with Gasteiger partial charge in [-0.15, -0.1) is 0 Å². The van der Waals surface area contributed by atoms with Crippen molar-refractivity contribution in [2.45, 2.75) is 19.1 Å². The minimum Gasteiger partial charge on any atom is -0.394 e. The van der Waals surface area contributed by atoms with E-state index in [1.54, 1.807) is 6.07 Å². The number of benzene rings is 1. The van der Waals surface area contributed by atoms with Crippen LogP contribution < -0.4 is 11.1 Å². The van der Waals surface area contributed by atoms with E-state index in [1.807, 2.05) is 25.1 Å². The number of nitrogens with one attached hydrogen (secondary N) is 1. The van der Waals surface area contributed by atoms with Gasteiger partial charge < -0.3 is 21.3 Å². The topological polar surface area (TPSA) is 91.4 Å². The summed E-state index contributed by atoms with van der Waals surface area (Å²) in [5.41, 5.74) is 7.48. The van der Waals surface area contributed by atoms with Crippen molar-refractivity contribution >= 4 is 28.3 Å². The molecule has 5 nitrogen and oxygen atoms in total. The average Bonchev–Trinajstić information content (AvgIpc) is 2.44. The monoisotopic (exact) mass is 295 g/mol. The first-order chi connectivity index (χ1) is 9.52. The molecular weight excluding hydrogens is 278 g/mol. The predicted molar refractivity (Wildman–Crippen MR) is 80.9 cm³/mol. The zero-order valence-corrected chi connectivity index (χ0v) is 11.9. The fraction of sp³-hybridized carbons (Fsp3) is 0.357. The lowest BCUT2D eigenvalue weighted by atomic mass is 10.1. The van der Waals surface area contributed by atoms with Gasteiger partial charge in [-0.3, -0.25) is 0 Å². The number of pyridine rings is 1.